The normalized spacial score (nSPS) is 12.4. The predicted octanol–water partition coefficient (Wildman–Crippen LogP) is 2.51. The minimum atomic E-state index is 0.192. The molecule has 17 heavy (non-hydrogen) atoms. The minimum absolute atomic E-state index is 0.192. The first-order chi connectivity index (χ1) is 8.20. The molecule has 0 radical (unpaired) electrons. The minimum Gasteiger partial charge on any atom is -0.330 e. The number of aromatic nitrogens is 2. The van der Waals surface area contributed by atoms with Gasteiger partial charge in [0.2, 0.25) is 0 Å². The molecule has 0 spiro atoms. The van der Waals surface area contributed by atoms with Gasteiger partial charge in [0, 0.05) is 23.7 Å². The van der Waals surface area contributed by atoms with Gasteiger partial charge in [-0.2, -0.15) is 0 Å². The highest BCUT2D eigenvalue weighted by molar-refractivity contribution is 5.59. The van der Waals surface area contributed by atoms with Crippen molar-refractivity contribution in [2.45, 2.75) is 19.8 Å². The molecule has 2 aromatic rings. The van der Waals surface area contributed by atoms with Gasteiger partial charge >= 0.3 is 0 Å². The summed E-state index contributed by atoms with van der Waals surface area (Å²) in [5.41, 5.74) is 8.72. The Hall–Kier alpha value is -1.74. The van der Waals surface area contributed by atoms with E-state index >= 15 is 0 Å². The lowest BCUT2D eigenvalue weighted by Crippen LogP contribution is -2.13. The maximum atomic E-state index is 5.66. The summed E-state index contributed by atoms with van der Waals surface area (Å²) in [7, 11) is 0. The van der Waals surface area contributed by atoms with Gasteiger partial charge in [-0.1, -0.05) is 37.3 Å². The van der Waals surface area contributed by atoms with Crippen LogP contribution in [-0.2, 0) is 0 Å². The lowest BCUT2D eigenvalue weighted by Gasteiger charge is -2.10. The van der Waals surface area contributed by atoms with Gasteiger partial charge in [-0.3, -0.25) is 0 Å². The van der Waals surface area contributed by atoms with Crippen LogP contribution in [-0.4, -0.2) is 16.5 Å². The summed E-state index contributed by atoms with van der Waals surface area (Å²) >= 11 is 0. The van der Waals surface area contributed by atoms with Crippen molar-refractivity contribution in [2.24, 2.45) is 5.73 Å². The molecule has 3 nitrogen and oxygen atoms in total. The number of nitrogens with zero attached hydrogens (tertiary/aromatic N) is 2. The summed E-state index contributed by atoms with van der Waals surface area (Å²) in [4.78, 5) is 9.02. The molecule has 0 aliphatic carbocycles. The summed E-state index contributed by atoms with van der Waals surface area (Å²) in [6, 6.07) is 12.1. The maximum absolute atomic E-state index is 5.66. The molecule has 1 heterocycles. The van der Waals surface area contributed by atoms with Crippen molar-refractivity contribution in [3.05, 3.63) is 47.9 Å². The van der Waals surface area contributed by atoms with Crippen LogP contribution in [0.5, 0.6) is 0 Å². The summed E-state index contributed by atoms with van der Waals surface area (Å²) < 4.78 is 0. The molecule has 0 bridgehead atoms. The molecule has 0 saturated heterocycles. The standard InChI is InChI=1S/C14H17N3/c1-10(9-15)14-16-11(2)8-13(17-14)12-6-4-3-5-7-12/h3-8,10H,9,15H2,1-2H3. The maximum Gasteiger partial charge on any atom is 0.133 e. The highest BCUT2D eigenvalue weighted by atomic mass is 14.9. The molecule has 88 valence electrons. The van der Waals surface area contributed by atoms with Crippen LogP contribution in [0.1, 0.15) is 24.4 Å². The average molecular weight is 227 g/mol. The zero-order valence-corrected chi connectivity index (χ0v) is 10.2. The zero-order valence-electron chi connectivity index (χ0n) is 10.2. The molecular formula is C14H17N3. The van der Waals surface area contributed by atoms with Crippen LogP contribution in [0.2, 0.25) is 0 Å². The molecule has 0 saturated carbocycles. The SMILES string of the molecule is Cc1cc(-c2ccccc2)nc(C(C)CN)n1. The second-order valence-electron chi connectivity index (χ2n) is 4.26. The van der Waals surface area contributed by atoms with Gasteiger partial charge in [-0.05, 0) is 13.0 Å². The number of nitrogens with two attached hydrogens (primary N) is 1. The van der Waals surface area contributed by atoms with Crippen molar-refractivity contribution < 1.29 is 0 Å². The Labute approximate surface area is 102 Å². The van der Waals surface area contributed by atoms with Crippen molar-refractivity contribution >= 4 is 0 Å². The quantitative estimate of drug-likeness (QED) is 0.876. The van der Waals surface area contributed by atoms with Crippen molar-refractivity contribution in [3.8, 4) is 11.3 Å². The summed E-state index contributed by atoms with van der Waals surface area (Å²) in [5, 5.41) is 0. The molecule has 1 aromatic heterocycles. The van der Waals surface area contributed by atoms with E-state index in [9.17, 15) is 0 Å². The number of benzene rings is 1. The van der Waals surface area contributed by atoms with E-state index in [1.807, 2.05) is 38.1 Å². The number of rotatable bonds is 3. The third-order valence-corrected chi connectivity index (χ3v) is 2.74. The van der Waals surface area contributed by atoms with Crippen LogP contribution >= 0.6 is 0 Å². The monoisotopic (exact) mass is 227 g/mol. The van der Waals surface area contributed by atoms with Crippen molar-refractivity contribution in [1.29, 1.82) is 0 Å². The fourth-order valence-corrected chi connectivity index (χ4v) is 1.67. The second-order valence-corrected chi connectivity index (χ2v) is 4.26. The van der Waals surface area contributed by atoms with Crippen LogP contribution in [0.4, 0.5) is 0 Å². The Morgan fingerprint density at radius 3 is 2.53 bits per heavy atom. The molecule has 2 rings (SSSR count). The first-order valence-electron chi connectivity index (χ1n) is 5.81. The molecule has 0 aliphatic heterocycles. The van der Waals surface area contributed by atoms with E-state index in [2.05, 4.69) is 22.1 Å². The largest absolute Gasteiger partial charge is 0.330 e. The van der Waals surface area contributed by atoms with Crippen LogP contribution < -0.4 is 5.73 Å². The smallest absolute Gasteiger partial charge is 0.133 e. The van der Waals surface area contributed by atoms with Crippen molar-refractivity contribution in [3.63, 3.8) is 0 Å². The van der Waals surface area contributed by atoms with Gasteiger partial charge in [-0.15, -0.1) is 0 Å². The van der Waals surface area contributed by atoms with E-state index in [1.54, 1.807) is 0 Å². The topological polar surface area (TPSA) is 51.8 Å². The Balaban J connectivity index is 2.45. The summed E-state index contributed by atoms with van der Waals surface area (Å²) in [5.74, 6) is 1.02. The Bertz CT molecular complexity index is 494. The van der Waals surface area contributed by atoms with Gasteiger partial charge in [0.15, 0.2) is 0 Å². The second kappa shape index (κ2) is 5.06. The molecule has 3 heteroatoms. The average Bonchev–Trinajstić information content (AvgIpc) is 2.38. The molecule has 1 atom stereocenters. The van der Waals surface area contributed by atoms with Gasteiger partial charge in [0.05, 0.1) is 5.69 Å². The number of hydrogen-bond acceptors (Lipinski definition) is 3. The van der Waals surface area contributed by atoms with Crippen LogP contribution in [0.15, 0.2) is 36.4 Å². The van der Waals surface area contributed by atoms with Gasteiger partial charge < -0.3 is 5.73 Å². The molecular weight excluding hydrogens is 210 g/mol. The Kier molecular flexibility index (Phi) is 3.49. The fourth-order valence-electron chi connectivity index (χ4n) is 1.67. The molecule has 1 aromatic carbocycles. The summed E-state index contributed by atoms with van der Waals surface area (Å²) in [6.07, 6.45) is 0. The van der Waals surface area contributed by atoms with Crippen LogP contribution in [0, 0.1) is 6.92 Å². The highest BCUT2D eigenvalue weighted by Gasteiger charge is 2.09. The lowest BCUT2D eigenvalue weighted by molar-refractivity contribution is 0.708. The fraction of sp³-hybridized carbons (Fsp3) is 0.286. The van der Waals surface area contributed by atoms with E-state index in [0.717, 1.165) is 22.8 Å². The van der Waals surface area contributed by atoms with E-state index in [0.29, 0.717) is 6.54 Å². The van der Waals surface area contributed by atoms with E-state index in [-0.39, 0.29) is 5.92 Å². The highest BCUT2D eigenvalue weighted by Crippen LogP contribution is 2.19. The first-order valence-corrected chi connectivity index (χ1v) is 5.81. The van der Waals surface area contributed by atoms with Gasteiger partial charge in [0.25, 0.3) is 0 Å². The zero-order chi connectivity index (χ0) is 12.3. The Morgan fingerprint density at radius 1 is 1.18 bits per heavy atom. The van der Waals surface area contributed by atoms with Gasteiger partial charge in [-0.25, -0.2) is 9.97 Å². The number of aryl methyl sites for hydroxylation is 1. The third kappa shape index (κ3) is 2.68. The third-order valence-electron chi connectivity index (χ3n) is 2.74. The van der Waals surface area contributed by atoms with Crippen LogP contribution in [0.25, 0.3) is 11.3 Å². The Morgan fingerprint density at radius 2 is 1.88 bits per heavy atom. The van der Waals surface area contributed by atoms with E-state index < -0.39 is 0 Å². The molecule has 0 fully saturated rings. The lowest BCUT2D eigenvalue weighted by atomic mass is 10.1. The predicted molar refractivity (Wildman–Crippen MR) is 69.7 cm³/mol. The molecule has 2 N–H and O–H groups in total. The van der Waals surface area contributed by atoms with Crippen LogP contribution in [0.3, 0.4) is 0 Å². The van der Waals surface area contributed by atoms with E-state index in [1.165, 1.54) is 0 Å². The molecule has 0 aliphatic rings. The first kappa shape index (κ1) is 11.7. The summed E-state index contributed by atoms with van der Waals surface area (Å²) in [6.45, 7) is 4.60. The number of hydrogen-bond donors (Lipinski definition) is 1. The molecule has 1 unspecified atom stereocenters. The van der Waals surface area contributed by atoms with Crippen molar-refractivity contribution in [2.75, 3.05) is 6.54 Å². The van der Waals surface area contributed by atoms with E-state index in [4.69, 9.17) is 5.73 Å². The van der Waals surface area contributed by atoms with Gasteiger partial charge in [0.1, 0.15) is 5.82 Å². The molecule has 0 amide bonds. The van der Waals surface area contributed by atoms with Crippen molar-refractivity contribution in [1.82, 2.24) is 9.97 Å².